The van der Waals surface area contributed by atoms with Crippen LogP contribution in [-0.4, -0.2) is 38.7 Å². The fourth-order valence-electron chi connectivity index (χ4n) is 3.91. The third kappa shape index (κ3) is 2.42. The van der Waals surface area contributed by atoms with E-state index in [-0.39, 0.29) is 11.9 Å². The van der Waals surface area contributed by atoms with Gasteiger partial charge in [0.15, 0.2) is 11.5 Å². The summed E-state index contributed by atoms with van der Waals surface area (Å²) in [5.41, 5.74) is 4.19. The number of ether oxygens (including phenoxy) is 3. The molecule has 1 atom stereocenters. The number of nitrogens with zero attached hydrogens (tertiary/aromatic N) is 1. The number of fused-ring (bicyclic) bond motifs is 4. The molecule has 0 N–H and O–H groups in total. The first-order valence-electron chi connectivity index (χ1n) is 8.39. The van der Waals surface area contributed by atoms with Gasteiger partial charge in [-0.15, -0.1) is 0 Å². The van der Waals surface area contributed by atoms with E-state index < -0.39 is 0 Å². The minimum Gasteiger partial charge on any atom is -0.497 e. The van der Waals surface area contributed by atoms with Gasteiger partial charge in [0.25, 0.3) is 5.91 Å². The molecule has 130 valence electrons. The van der Waals surface area contributed by atoms with Crippen LogP contribution in [0.5, 0.6) is 17.2 Å². The molecule has 0 unspecified atom stereocenters. The first-order valence-corrected chi connectivity index (χ1v) is 8.39. The average Bonchev–Trinajstić information content (AvgIpc) is 2.66. The van der Waals surface area contributed by atoms with Crippen LogP contribution in [0.3, 0.4) is 0 Å². The van der Waals surface area contributed by atoms with Crippen molar-refractivity contribution < 1.29 is 19.0 Å². The fourth-order valence-corrected chi connectivity index (χ4v) is 3.91. The zero-order valence-corrected chi connectivity index (χ0v) is 14.7. The largest absolute Gasteiger partial charge is 0.497 e. The Bertz CT molecular complexity index is 846. The maximum absolute atomic E-state index is 13.0. The van der Waals surface area contributed by atoms with E-state index in [2.05, 4.69) is 0 Å². The maximum Gasteiger partial charge on any atom is 0.254 e. The van der Waals surface area contributed by atoms with Crippen molar-refractivity contribution in [3.05, 3.63) is 52.6 Å². The summed E-state index contributed by atoms with van der Waals surface area (Å²) in [6, 6.07) is 9.86. The normalized spacial score (nSPS) is 18.1. The van der Waals surface area contributed by atoms with Gasteiger partial charge in [-0.25, -0.2) is 0 Å². The van der Waals surface area contributed by atoms with Crippen LogP contribution in [0.2, 0.25) is 0 Å². The Morgan fingerprint density at radius 3 is 2.44 bits per heavy atom. The summed E-state index contributed by atoms with van der Waals surface area (Å²) in [7, 11) is 4.90. The van der Waals surface area contributed by atoms with Crippen LogP contribution in [0.15, 0.2) is 30.3 Å². The standard InChI is InChI=1S/C20H21NO4/c1-23-14-5-4-12-8-17-15-11-19(25-3)18(24-2)9-13(15)6-7-21(17)20(22)16(12)10-14/h4-5,9-11,17H,6-8H2,1-3H3/t17-/m0/s1. The van der Waals surface area contributed by atoms with Gasteiger partial charge in [0.05, 0.1) is 27.4 Å². The Balaban J connectivity index is 1.79. The third-order valence-electron chi connectivity index (χ3n) is 5.22. The Hall–Kier alpha value is -2.69. The molecule has 2 aromatic carbocycles. The van der Waals surface area contributed by atoms with Gasteiger partial charge in [0.2, 0.25) is 0 Å². The molecule has 0 aliphatic carbocycles. The lowest BCUT2D eigenvalue weighted by Crippen LogP contribution is -2.44. The molecule has 5 heteroatoms. The summed E-state index contributed by atoms with van der Waals surface area (Å²) in [5, 5.41) is 0. The average molecular weight is 339 g/mol. The lowest BCUT2D eigenvalue weighted by molar-refractivity contribution is 0.0631. The number of benzene rings is 2. The smallest absolute Gasteiger partial charge is 0.254 e. The molecule has 0 fully saturated rings. The molecular formula is C20H21NO4. The van der Waals surface area contributed by atoms with Gasteiger partial charge in [-0.1, -0.05) is 6.07 Å². The van der Waals surface area contributed by atoms with Crippen LogP contribution < -0.4 is 14.2 Å². The molecule has 0 spiro atoms. The summed E-state index contributed by atoms with van der Waals surface area (Å²) in [6.07, 6.45) is 1.62. The van der Waals surface area contributed by atoms with Crippen molar-refractivity contribution in [2.24, 2.45) is 0 Å². The highest BCUT2D eigenvalue weighted by molar-refractivity contribution is 5.97. The number of hydrogen-bond acceptors (Lipinski definition) is 4. The SMILES string of the molecule is COc1ccc2c(c1)C(=O)N1CCc3cc(OC)c(OC)cc3[C@@H]1C2. The van der Waals surface area contributed by atoms with Gasteiger partial charge >= 0.3 is 0 Å². The highest BCUT2D eigenvalue weighted by Crippen LogP contribution is 2.42. The van der Waals surface area contributed by atoms with Gasteiger partial charge in [-0.3, -0.25) is 4.79 Å². The summed E-state index contributed by atoms with van der Waals surface area (Å²) >= 11 is 0. The van der Waals surface area contributed by atoms with Gasteiger partial charge in [0, 0.05) is 12.1 Å². The molecule has 0 saturated carbocycles. The third-order valence-corrected chi connectivity index (χ3v) is 5.22. The van der Waals surface area contributed by atoms with Gasteiger partial charge in [-0.2, -0.15) is 0 Å². The van der Waals surface area contributed by atoms with E-state index in [0.717, 1.165) is 41.0 Å². The summed E-state index contributed by atoms with van der Waals surface area (Å²) < 4.78 is 16.2. The van der Waals surface area contributed by atoms with E-state index in [1.165, 1.54) is 5.56 Å². The first kappa shape index (κ1) is 15.8. The highest BCUT2D eigenvalue weighted by Gasteiger charge is 2.37. The topological polar surface area (TPSA) is 48.0 Å². The number of carbonyl (C=O) groups excluding carboxylic acids is 1. The molecule has 2 aromatic rings. The van der Waals surface area contributed by atoms with Gasteiger partial charge in [0.1, 0.15) is 5.75 Å². The number of amides is 1. The Labute approximate surface area is 147 Å². The van der Waals surface area contributed by atoms with Crippen molar-refractivity contribution in [2.45, 2.75) is 18.9 Å². The molecule has 4 rings (SSSR count). The van der Waals surface area contributed by atoms with E-state index >= 15 is 0 Å². The van der Waals surface area contributed by atoms with Crippen LogP contribution in [0.25, 0.3) is 0 Å². The van der Waals surface area contributed by atoms with E-state index in [1.807, 2.05) is 35.2 Å². The van der Waals surface area contributed by atoms with Crippen molar-refractivity contribution in [2.75, 3.05) is 27.9 Å². The molecule has 0 bridgehead atoms. The zero-order chi connectivity index (χ0) is 17.6. The van der Waals surface area contributed by atoms with Crippen LogP contribution in [0, 0.1) is 0 Å². The second kappa shape index (κ2) is 5.99. The molecule has 25 heavy (non-hydrogen) atoms. The fraction of sp³-hybridized carbons (Fsp3) is 0.350. The van der Waals surface area contributed by atoms with Crippen LogP contribution in [0.1, 0.15) is 33.1 Å². The predicted octanol–water partition coefficient (Wildman–Crippen LogP) is 3.01. The predicted molar refractivity (Wildman–Crippen MR) is 93.7 cm³/mol. The Morgan fingerprint density at radius 2 is 1.72 bits per heavy atom. The van der Waals surface area contributed by atoms with Crippen LogP contribution in [0.4, 0.5) is 0 Å². The highest BCUT2D eigenvalue weighted by atomic mass is 16.5. The Kier molecular flexibility index (Phi) is 3.79. The molecular weight excluding hydrogens is 318 g/mol. The second-order valence-corrected chi connectivity index (χ2v) is 6.40. The van der Waals surface area contributed by atoms with Crippen LogP contribution >= 0.6 is 0 Å². The van der Waals surface area contributed by atoms with Crippen LogP contribution in [-0.2, 0) is 12.8 Å². The first-order chi connectivity index (χ1) is 12.2. The second-order valence-electron chi connectivity index (χ2n) is 6.40. The van der Waals surface area contributed by atoms with Gasteiger partial charge in [-0.05, 0) is 53.8 Å². The number of hydrogen-bond donors (Lipinski definition) is 0. The molecule has 1 amide bonds. The molecule has 2 aliphatic heterocycles. The molecule has 0 aromatic heterocycles. The number of rotatable bonds is 3. The van der Waals surface area contributed by atoms with E-state index in [9.17, 15) is 4.79 Å². The molecule has 5 nitrogen and oxygen atoms in total. The molecule has 2 heterocycles. The zero-order valence-electron chi connectivity index (χ0n) is 14.7. The van der Waals surface area contributed by atoms with Crippen molar-refractivity contribution in [3.8, 4) is 17.2 Å². The summed E-state index contributed by atoms with van der Waals surface area (Å²) in [4.78, 5) is 15.0. The number of carbonyl (C=O) groups is 1. The molecule has 0 saturated heterocycles. The lowest BCUT2D eigenvalue weighted by Gasteiger charge is -2.41. The molecule has 2 aliphatic rings. The van der Waals surface area contributed by atoms with Gasteiger partial charge < -0.3 is 19.1 Å². The minimum atomic E-state index is 0.0388. The summed E-state index contributed by atoms with van der Waals surface area (Å²) in [5.74, 6) is 2.23. The van der Waals surface area contributed by atoms with Crippen molar-refractivity contribution >= 4 is 5.91 Å². The minimum absolute atomic E-state index is 0.0388. The maximum atomic E-state index is 13.0. The lowest BCUT2D eigenvalue weighted by atomic mass is 9.83. The quantitative estimate of drug-likeness (QED) is 0.862. The van der Waals surface area contributed by atoms with E-state index in [0.29, 0.717) is 12.3 Å². The van der Waals surface area contributed by atoms with E-state index in [4.69, 9.17) is 14.2 Å². The molecule has 0 radical (unpaired) electrons. The Morgan fingerprint density at radius 1 is 0.960 bits per heavy atom. The van der Waals surface area contributed by atoms with E-state index in [1.54, 1.807) is 21.3 Å². The summed E-state index contributed by atoms with van der Waals surface area (Å²) in [6.45, 7) is 0.711. The van der Waals surface area contributed by atoms with Crippen molar-refractivity contribution in [1.82, 2.24) is 4.90 Å². The number of methoxy groups -OCH3 is 3. The monoisotopic (exact) mass is 339 g/mol. The van der Waals surface area contributed by atoms with Crippen molar-refractivity contribution in [3.63, 3.8) is 0 Å². The van der Waals surface area contributed by atoms with Crippen molar-refractivity contribution in [1.29, 1.82) is 0 Å².